The SMILES string of the molecule is Cc1ccccc1C(=O)NNC(=O)CCN1C(=O)/C(=C2\SC(=S)N(CCC(=O)NNC(=O)c3ccccc3C)C2=O)SC1=S. The van der Waals surface area contributed by atoms with E-state index in [0.29, 0.717) is 11.1 Å². The molecule has 2 aliphatic rings. The number of carbonyl (C=O) groups excluding carboxylic acids is 6. The van der Waals surface area contributed by atoms with E-state index >= 15 is 0 Å². The fraction of sp³-hybridized carbons (Fsp3) is 0.214. The van der Waals surface area contributed by atoms with E-state index in [1.54, 1.807) is 62.4 Å². The Hall–Kier alpha value is -4.12. The van der Waals surface area contributed by atoms with E-state index in [9.17, 15) is 28.8 Å². The normalized spacial score (nSPS) is 16.3. The van der Waals surface area contributed by atoms with Gasteiger partial charge in [-0.2, -0.15) is 0 Å². The van der Waals surface area contributed by atoms with Gasteiger partial charge < -0.3 is 0 Å². The third-order valence-corrected chi connectivity index (χ3v) is 9.47. The second-order valence-electron chi connectivity index (χ2n) is 9.44. The minimum absolute atomic E-state index is 0.0745. The van der Waals surface area contributed by atoms with Gasteiger partial charge in [0.15, 0.2) is 0 Å². The third kappa shape index (κ3) is 7.68. The smallest absolute Gasteiger partial charge is 0.269 e. The average molecular weight is 671 g/mol. The Bertz CT molecular complexity index is 1510. The Balaban J connectivity index is 1.27. The molecule has 2 heterocycles. The molecule has 2 aromatic carbocycles. The summed E-state index contributed by atoms with van der Waals surface area (Å²) < 4.78 is 0.326. The molecule has 2 aliphatic heterocycles. The van der Waals surface area contributed by atoms with Crippen LogP contribution in [0.5, 0.6) is 0 Å². The summed E-state index contributed by atoms with van der Waals surface area (Å²) in [5.74, 6) is -3.13. The van der Waals surface area contributed by atoms with Crippen LogP contribution in [0.2, 0.25) is 0 Å². The number of hydrogen-bond acceptors (Lipinski definition) is 10. The van der Waals surface area contributed by atoms with Crippen LogP contribution in [0.1, 0.15) is 44.7 Å². The first-order valence-corrected chi connectivity index (χ1v) is 15.5. The van der Waals surface area contributed by atoms with Crippen LogP contribution in [0.3, 0.4) is 0 Å². The quantitative estimate of drug-likeness (QED) is 0.187. The highest BCUT2D eigenvalue weighted by Gasteiger charge is 2.42. The van der Waals surface area contributed by atoms with Gasteiger partial charge in [0.25, 0.3) is 23.6 Å². The number of nitrogens with zero attached hydrogens (tertiary/aromatic N) is 2. The van der Waals surface area contributed by atoms with Crippen LogP contribution in [-0.2, 0) is 19.2 Å². The number of thioether (sulfide) groups is 2. The second-order valence-corrected chi connectivity index (χ2v) is 12.7. The molecule has 0 saturated carbocycles. The van der Waals surface area contributed by atoms with Crippen molar-refractivity contribution in [3.63, 3.8) is 0 Å². The second kappa shape index (κ2) is 14.6. The zero-order valence-corrected chi connectivity index (χ0v) is 26.7. The van der Waals surface area contributed by atoms with E-state index in [-0.39, 0.29) is 44.4 Å². The van der Waals surface area contributed by atoms with E-state index in [2.05, 4.69) is 21.7 Å². The van der Waals surface area contributed by atoms with Gasteiger partial charge in [-0.1, -0.05) is 84.4 Å². The predicted molar refractivity (Wildman–Crippen MR) is 174 cm³/mol. The van der Waals surface area contributed by atoms with Crippen LogP contribution >= 0.6 is 48.0 Å². The Morgan fingerprint density at radius 3 is 1.36 bits per heavy atom. The minimum atomic E-state index is -0.547. The Morgan fingerprint density at radius 2 is 1.00 bits per heavy atom. The van der Waals surface area contributed by atoms with Gasteiger partial charge in [-0.05, 0) is 37.1 Å². The van der Waals surface area contributed by atoms with E-state index in [0.717, 1.165) is 34.7 Å². The first-order chi connectivity index (χ1) is 21.0. The van der Waals surface area contributed by atoms with E-state index in [4.69, 9.17) is 24.4 Å². The Labute approximate surface area is 271 Å². The lowest BCUT2D eigenvalue weighted by molar-refractivity contribution is -0.126. The lowest BCUT2D eigenvalue weighted by Crippen LogP contribution is -2.43. The number of nitrogens with one attached hydrogen (secondary N) is 4. The lowest BCUT2D eigenvalue weighted by atomic mass is 10.1. The summed E-state index contributed by atoms with van der Waals surface area (Å²) in [7, 11) is 0. The Morgan fingerprint density at radius 1 is 0.636 bits per heavy atom. The van der Waals surface area contributed by atoms with Gasteiger partial charge in [0, 0.05) is 37.1 Å². The maximum absolute atomic E-state index is 13.1. The summed E-state index contributed by atoms with van der Waals surface area (Å²) in [4.78, 5) is 78.2. The summed E-state index contributed by atoms with van der Waals surface area (Å²) in [6.07, 6.45) is -0.325. The monoisotopic (exact) mass is 670 g/mol. The molecule has 12 nitrogen and oxygen atoms in total. The third-order valence-electron chi connectivity index (χ3n) is 6.44. The van der Waals surface area contributed by atoms with Crippen molar-refractivity contribution in [2.75, 3.05) is 13.1 Å². The molecule has 2 saturated heterocycles. The van der Waals surface area contributed by atoms with Crippen molar-refractivity contribution in [3.05, 3.63) is 80.6 Å². The Kier molecular flexibility index (Phi) is 10.9. The van der Waals surface area contributed by atoms with Gasteiger partial charge in [0.05, 0.1) is 9.81 Å². The number of thiocarbonyl (C=S) groups is 2. The molecule has 6 amide bonds. The van der Waals surface area contributed by atoms with Crippen LogP contribution in [0.25, 0.3) is 0 Å². The van der Waals surface area contributed by atoms with Crippen LogP contribution in [0.15, 0.2) is 58.3 Å². The van der Waals surface area contributed by atoms with Gasteiger partial charge in [-0.25, -0.2) is 0 Å². The first-order valence-electron chi connectivity index (χ1n) is 13.1. The van der Waals surface area contributed by atoms with Crippen molar-refractivity contribution in [3.8, 4) is 0 Å². The summed E-state index contributed by atoms with van der Waals surface area (Å²) in [6.45, 7) is 3.39. The molecule has 2 aromatic rings. The molecule has 0 atom stereocenters. The van der Waals surface area contributed by atoms with Crippen molar-refractivity contribution in [1.82, 2.24) is 31.5 Å². The highest BCUT2D eigenvalue weighted by Crippen LogP contribution is 2.42. The summed E-state index contributed by atoms with van der Waals surface area (Å²) >= 11 is 12.5. The largest absolute Gasteiger partial charge is 0.292 e. The molecule has 0 bridgehead atoms. The van der Waals surface area contributed by atoms with E-state index in [1.165, 1.54) is 9.80 Å². The van der Waals surface area contributed by atoms with Gasteiger partial charge >= 0.3 is 0 Å². The maximum atomic E-state index is 13.1. The average Bonchev–Trinajstić information content (AvgIpc) is 3.44. The number of carbonyl (C=O) groups is 6. The molecule has 0 radical (unpaired) electrons. The van der Waals surface area contributed by atoms with E-state index in [1.807, 2.05) is 0 Å². The molecule has 4 N–H and O–H groups in total. The van der Waals surface area contributed by atoms with Crippen molar-refractivity contribution in [1.29, 1.82) is 0 Å². The molecule has 0 aliphatic carbocycles. The molecule has 0 unspecified atom stereocenters. The number of hydrogen-bond donors (Lipinski definition) is 4. The number of hydrazine groups is 2. The standard InChI is InChI=1S/C28H26N6O6S4/c1-15-7-3-5-9-17(15)23(37)31-29-19(35)11-13-33-25(39)21(43-27(33)41)22-26(40)34(28(42)44-22)14-12-20(36)30-32-24(38)18-10-6-4-8-16(18)2/h3-10H,11-14H2,1-2H3,(H,29,35)(H,30,36)(H,31,37)(H,32,38)/b22-21+. The molecule has 0 spiro atoms. The zero-order valence-electron chi connectivity index (χ0n) is 23.4. The van der Waals surface area contributed by atoms with Crippen LogP contribution in [-0.4, -0.2) is 67.0 Å². The van der Waals surface area contributed by atoms with Gasteiger partial charge in [0.1, 0.15) is 8.64 Å². The molecule has 44 heavy (non-hydrogen) atoms. The number of amides is 6. The molecular formula is C28H26N6O6S4. The molecular weight excluding hydrogens is 645 g/mol. The fourth-order valence-corrected chi connectivity index (χ4v) is 6.82. The molecule has 228 valence electrons. The molecule has 0 aromatic heterocycles. The molecule has 16 heteroatoms. The fourth-order valence-electron chi connectivity index (χ4n) is 4.05. The highest BCUT2D eigenvalue weighted by molar-refractivity contribution is 8.29. The first kappa shape index (κ1) is 32.8. The topological polar surface area (TPSA) is 157 Å². The summed E-state index contributed by atoms with van der Waals surface area (Å²) in [5, 5.41) is 0. The zero-order chi connectivity index (χ0) is 32.0. The summed E-state index contributed by atoms with van der Waals surface area (Å²) in [5.41, 5.74) is 11.6. The van der Waals surface area contributed by atoms with Gasteiger partial charge in [-0.3, -0.25) is 60.3 Å². The van der Waals surface area contributed by atoms with Gasteiger partial charge in [0.2, 0.25) is 11.8 Å². The van der Waals surface area contributed by atoms with Crippen molar-refractivity contribution in [2.24, 2.45) is 0 Å². The van der Waals surface area contributed by atoms with Crippen molar-refractivity contribution >= 4 is 92.0 Å². The van der Waals surface area contributed by atoms with Crippen LogP contribution in [0.4, 0.5) is 0 Å². The maximum Gasteiger partial charge on any atom is 0.269 e. The highest BCUT2D eigenvalue weighted by atomic mass is 32.2. The number of benzene rings is 2. The number of rotatable bonds is 8. The van der Waals surface area contributed by atoms with E-state index < -0.39 is 35.4 Å². The van der Waals surface area contributed by atoms with Crippen molar-refractivity contribution in [2.45, 2.75) is 26.7 Å². The predicted octanol–water partition coefficient (Wildman–Crippen LogP) is 2.24. The number of aryl methyl sites for hydroxylation is 2. The minimum Gasteiger partial charge on any atom is -0.292 e. The van der Waals surface area contributed by atoms with Crippen molar-refractivity contribution < 1.29 is 28.8 Å². The molecule has 2 fully saturated rings. The lowest BCUT2D eigenvalue weighted by Gasteiger charge is -2.15. The summed E-state index contributed by atoms with van der Waals surface area (Å²) in [6, 6.07) is 13.8. The van der Waals surface area contributed by atoms with Crippen LogP contribution in [0, 0.1) is 13.8 Å². The van der Waals surface area contributed by atoms with Gasteiger partial charge in [-0.15, -0.1) is 0 Å². The van der Waals surface area contributed by atoms with Crippen LogP contribution < -0.4 is 21.7 Å². The molecule has 4 rings (SSSR count).